The molecule has 0 spiro atoms. The predicted molar refractivity (Wildman–Crippen MR) is 175 cm³/mol. The van der Waals surface area contributed by atoms with E-state index in [0.717, 1.165) is 19.1 Å². The fourth-order valence-electron chi connectivity index (χ4n) is 7.36. The number of aryl methyl sites for hydroxylation is 1. The van der Waals surface area contributed by atoms with Gasteiger partial charge in [0.25, 0.3) is 0 Å². The third kappa shape index (κ3) is 9.50. The normalized spacial score (nSPS) is 26.5. The first-order valence-electron chi connectivity index (χ1n) is 16.6. The van der Waals surface area contributed by atoms with Crippen molar-refractivity contribution in [2.75, 3.05) is 37.9 Å². The number of amides is 2. The zero-order chi connectivity index (χ0) is 35.3. The van der Waals surface area contributed by atoms with Crippen molar-refractivity contribution in [3.63, 3.8) is 0 Å². The van der Waals surface area contributed by atoms with E-state index in [4.69, 9.17) is 9.47 Å². The number of sulfonamides is 1. The lowest BCUT2D eigenvalue weighted by Gasteiger charge is -2.38. The van der Waals surface area contributed by atoms with Crippen LogP contribution in [0.2, 0.25) is 0 Å². The minimum atomic E-state index is -4.45. The highest BCUT2D eigenvalue weighted by molar-refractivity contribution is 7.89. The summed E-state index contributed by atoms with van der Waals surface area (Å²) >= 11 is 0. The van der Waals surface area contributed by atoms with Crippen LogP contribution in [0.4, 0.5) is 28.0 Å². The molecule has 3 saturated heterocycles. The second-order valence-corrected chi connectivity index (χ2v) is 15.3. The molecule has 49 heavy (non-hydrogen) atoms. The Bertz CT molecular complexity index is 1580. The topological polar surface area (TPSA) is 126 Å². The van der Waals surface area contributed by atoms with Crippen molar-refractivity contribution in [3.05, 3.63) is 65.0 Å². The fraction of sp³-hybridized carbons (Fsp3) is 0.588. The van der Waals surface area contributed by atoms with E-state index in [-0.39, 0.29) is 42.5 Å². The van der Waals surface area contributed by atoms with Gasteiger partial charge in [-0.3, -0.25) is 4.79 Å². The molecule has 270 valence electrons. The molecule has 2 amide bonds. The number of nitrogens with one attached hydrogen (secondary N) is 3. The zero-order valence-electron chi connectivity index (χ0n) is 27.6. The van der Waals surface area contributed by atoms with Crippen LogP contribution in [0.15, 0.2) is 42.5 Å². The summed E-state index contributed by atoms with van der Waals surface area (Å²) in [5.74, 6) is -2.53. The molecule has 15 heteroatoms. The molecule has 3 aliphatic heterocycles. The quantitative estimate of drug-likeness (QED) is 0.295. The first-order chi connectivity index (χ1) is 23.2. The maximum Gasteiger partial charge on any atom is 0.407 e. The summed E-state index contributed by atoms with van der Waals surface area (Å²) in [5, 5.41) is 8.79. The highest BCUT2D eigenvalue weighted by Gasteiger charge is 2.43. The number of halogens is 4. The number of hydrogen-bond acceptors (Lipinski definition) is 7. The number of methoxy groups -OCH3 is 1. The summed E-state index contributed by atoms with van der Waals surface area (Å²) in [4.78, 5) is 26.9. The fourth-order valence-corrected chi connectivity index (χ4v) is 9.17. The third-order valence-electron chi connectivity index (χ3n) is 9.80. The van der Waals surface area contributed by atoms with E-state index in [1.807, 2.05) is 19.1 Å². The number of benzene rings is 2. The predicted octanol–water partition coefficient (Wildman–Crippen LogP) is 5.03. The Labute approximate surface area is 284 Å². The Morgan fingerprint density at radius 3 is 2.61 bits per heavy atom. The van der Waals surface area contributed by atoms with Gasteiger partial charge in [-0.1, -0.05) is 35.9 Å². The number of hydrogen-bond donors (Lipinski definition) is 3. The number of nitrogens with zero attached hydrogens (tertiary/aromatic N) is 1. The van der Waals surface area contributed by atoms with Crippen molar-refractivity contribution < 1.29 is 45.0 Å². The zero-order valence-corrected chi connectivity index (χ0v) is 28.4. The number of rotatable bonds is 10. The summed E-state index contributed by atoms with van der Waals surface area (Å²) in [6.07, 6.45) is -5.59. The van der Waals surface area contributed by atoms with Gasteiger partial charge in [-0.2, -0.15) is 17.5 Å². The number of anilines is 1. The van der Waals surface area contributed by atoms with Crippen LogP contribution in [0.25, 0.3) is 0 Å². The van der Waals surface area contributed by atoms with E-state index in [2.05, 4.69) is 16.0 Å². The van der Waals surface area contributed by atoms with Gasteiger partial charge >= 0.3 is 12.3 Å². The molecule has 2 bridgehead atoms. The standard InChI is InChI=1S/C34H44F4N4O6S/c1-21-8-10-22(11-9-21)30(23-14-15-48-26(17-23)18-34(36,37)38)31(41-33(44)47-2)32(43)40-29-7-3-6-28(35)27(29)13-12-25-19-39-24-5-4-16-49(45,46)42(25)20-24/h3,6-11,23-26,30-31,39H,4-5,12-20H2,1-2H3,(H,40,43)(H,41,44)/t23-,24+,25-,26+,30-,31-/m0/s1. The summed E-state index contributed by atoms with van der Waals surface area (Å²) < 4.78 is 93.3. The molecule has 10 nitrogen and oxygen atoms in total. The number of alkyl carbamates (subject to hydrolysis) is 1. The van der Waals surface area contributed by atoms with Crippen LogP contribution < -0.4 is 16.0 Å². The van der Waals surface area contributed by atoms with Gasteiger partial charge in [0.15, 0.2) is 0 Å². The number of piperazine rings is 1. The molecule has 2 aromatic carbocycles. The van der Waals surface area contributed by atoms with Gasteiger partial charge in [-0.15, -0.1) is 0 Å². The van der Waals surface area contributed by atoms with Gasteiger partial charge in [-0.25, -0.2) is 17.6 Å². The highest BCUT2D eigenvalue weighted by Crippen LogP contribution is 2.40. The average Bonchev–Trinajstić information content (AvgIpc) is 3.16. The Morgan fingerprint density at radius 2 is 1.90 bits per heavy atom. The van der Waals surface area contributed by atoms with Gasteiger partial charge in [0, 0.05) is 48.9 Å². The number of ether oxygens (including phenoxy) is 2. The minimum absolute atomic E-state index is 0.00834. The van der Waals surface area contributed by atoms with Crippen molar-refractivity contribution in [3.8, 4) is 0 Å². The molecule has 3 heterocycles. The summed E-state index contributed by atoms with van der Waals surface area (Å²) in [6.45, 7) is 2.69. The molecule has 0 aromatic heterocycles. The van der Waals surface area contributed by atoms with E-state index in [1.54, 1.807) is 12.1 Å². The lowest BCUT2D eigenvalue weighted by atomic mass is 9.74. The Morgan fingerprint density at radius 1 is 1.14 bits per heavy atom. The van der Waals surface area contributed by atoms with E-state index in [1.165, 1.54) is 22.5 Å². The van der Waals surface area contributed by atoms with Gasteiger partial charge in [0.05, 0.1) is 25.4 Å². The van der Waals surface area contributed by atoms with Crippen molar-refractivity contribution in [2.24, 2.45) is 5.92 Å². The second kappa shape index (κ2) is 15.7. The Hall–Kier alpha value is -3.27. The van der Waals surface area contributed by atoms with Gasteiger partial charge < -0.3 is 25.4 Å². The molecule has 0 radical (unpaired) electrons. The smallest absolute Gasteiger partial charge is 0.407 e. The van der Waals surface area contributed by atoms with Crippen molar-refractivity contribution in [1.82, 2.24) is 14.9 Å². The lowest BCUT2D eigenvalue weighted by molar-refractivity contribution is -0.169. The van der Waals surface area contributed by atoms with E-state index in [0.29, 0.717) is 37.9 Å². The maximum atomic E-state index is 15.4. The molecule has 3 aliphatic rings. The Balaban J connectivity index is 1.42. The van der Waals surface area contributed by atoms with Crippen LogP contribution in [0, 0.1) is 18.7 Å². The molecule has 0 aliphatic carbocycles. The molecule has 3 fully saturated rings. The lowest BCUT2D eigenvalue weighted by Crippen LogP contribution is -2.57. The molecular weight excluding hydrogens is 668 g/mol. The Kier molecular flexibility index (Phi) is 11.9. The van der Waals surface area contributed by atoms with E-state index < -0.39 is 70.5 Å². The second-order valence-electron chi connectivity index (χ2n) is 13.2. The molecule has 5 rings (SSSR count). The van der Waals surface area contributed by atoms with Crippen molar-refractivity contribution in [1.29, 1.82) is 0 Å². The van der Waals surface area contributed by atoms with Gasteiger partial charge in [0.1, 0.15) is 11.9 Å². The average molecular weight is 713 g/mol. The number of alkyl halides is 3. The molecule has 3 N–H and O–H groups in total. The largest absolute Gasteiger partial charge is 0.453 e. The van der Waals surface area contributed by atoms with Crippen molar-refractivity contribution >= 4 is 27.7 Å². The summed E-state index contributed by atoms with van der Waals surface area (Å²) in [6, 6.07) is 9.75. The molecule has 2 aromatic rings. The first-order valence-corrected chi connectivity index (χ1v) is 18.3. The van der Waals surface area contributed by atoms with E-state index >= 15 is 4.39 Å². The van der Waals surface area contributed by atoms with Gasteiger partial charge in [-0.05, 0) is 69.1 Å². The number of carbonyl (C=O) groups is 2. The molecule has 0 saturated carbocycles. The van der Waals surface area contributed by atoms with E-state index in [9.17, 15) is 31.2 Å². The SMILES string of the molecule is COC(=O)N[C@H](C(=O)Nc1cccc(F)c1CC[C@H]1CN[C@@H]2CCCS(=O)(=O)N1C2)[C@@H](c1ccc(C)cc1)[C@H]1CCO[C@@H](CC(F)(F)F)C1. The van der Waals surface area contributed by atoms with Gasteiger partial charge in [0.2, 0.25) is 15.9 Å². The highest BCUT2D eigenvalue weighted by atomic mass is 32.2. The maximum absolute atomic E-state index is 15.4. The van der Waals surface area contributed by atoms with Crippen LogP contribution in [0.1, 0.15) is 61.1 Å². The van der Waals surface area contributed by atoms with Crippen LogP contribution >= 0.6 is 0 Å². The summed E-state index contributed by atoms with van der Waals surface area (Å²) in [5.41, 5.74) is 1.87. The van der Waals surface area contributed by atoms with Crippen LogP contribution in [-0.4, -0.2) is 87.7 Å². The minimum Gasteiger partial charge on any atom is -0.453 e. The molecule has 1 unspecified atom stereocenters. The molecule has 7 atom stereocenters. The molecular formula is C34H44F4N4O6S. The first kappa shape index (κ1) is 37.0. The van der Waals surface area contributed by atoms with Crippen molar-refractivity contribution in [2.45, 2.75) is 88.2 Å². The number of carbonyl (C=O) groups excluding carboxylic acids is 2. The van der Waals surface area contributed by atoms with Crippen LogP contribution in [0.3, 0.4) is 0 Å². The monoisotopic (exact) mass is 712 g/mol. The third-order valence-corrected chi connectivity index (χ3v) is 11.8. The summed E-state index contributed by atoms with van der Waals surface area (Å²) in [7, 11) is -2.33. The number of fused-ring (bicyclic) bond motifs is 2. The van der Waals surface area contributed by atoms with Crippen LogP contribution in [0.5, 0.6) is 0 Å². The van der Waals surface area contributed by atoms with Crippen LogP contribution in [-0.2, 0) is 30.7 Å².